The van der Waals surface area contributed by atoms with Gasteiger partial charge in [-0.2, -0.15) is 0 Å². The first-order valence-electron chi connectivity index (χ1n) is 13.6. The summed E-state index contributed by atoms with van der Waals surface area (Å²) in [6, 6.07) is 46.3. The number of nitrogens with zero attached hydrogens (tertiary/aromatic N) is 3. The monoisotopic (exact) mass is 509 g/mol. The van der Waals surface area contributed by atoms with Crippen LogP contribution in [0, 0.1) is 0 Å². The Hall–Kier alpha value is -5.41. The Balaban J connectivity index is 1.42. The van der Waals surface area contributed by atoms with E-state index in [0.717, 1.165) is 11.3 Å². The van der Waals surface area contributed by atoms with Gasteiger partial charge in [0.25, 0.3) is 0 Å². The van der Waals surface area contributed by atoms with Crippen LogP contribution in [-0.2, 0) is 0 Å². The molecule has 0 aliphatic carbocycles. The van der Waals surface area contributed by atoms with E-state index in [1.165, 1.54) is 65.5 Å². The SMILES string of the molecule is c1cc(-c2ccncc2)cc(-n2c3ccccc3c3cc4c(cc32)cc2c3ccccc3c3ccccc3n42)c1. The van der Waals surface area contributed by atoms with Gasteiger partial charge >= 0.3 is 0 Å². The van der Waals surface area contributed by atoms with Gasteiger partial charge in [0.1, 0.15) is 0 Å². The molecule has 4 aromatic heterocycles. The lowest BCUT2D eigenvalue weighted by molar-refractivity contribution is 1.18. The van der Waals surface area contributed by atoms with Crippen LogP contribution in [-0.4, -0.2) is 14.0 Å². The van der Waals surface area contributed by atoms with Crippen LogP contribution in [0.15, 0.2) is 140 Å². The molecule has 4 heterocycles. The highest BCUT2D eigenvalue weighted by Crippen LogP contribution is 2.39. The van der Waals surface area contributed by atoms with Crippen LogP contribution in [0.4, 0.5) is 0 Å². The smallest absolute Gasteiger partial charge is 0.0548 e. The van der Waals surface area contributed by atoms with Crippen LogP contribution in [0.1, 0.15) is 0 Å². The summed E-state index contributed by atoms with van der Waals surface area (Å²) in [6.07, 6.45) is 3.70. The van der Waals surface area contributed by atoms with Crippen molar-refractivity contribution in [1.82, 2.24) is 14.0 Å². The zero-order chi connectivity index (χ0) is 26.2. The van der Waals surface area contributed by atoms with E-state index in [1.54, 1.807) is 0 Å². The predicted octanol–water partition coefficient (Wildman–Crippen LogP) is 9.56. The Morgan fingerprint density at radius 3 is 1.85 bits per heavy atom. The molecule has 0 saturated heterocycles. The van der Waals surface area contributed by atoms with Gasteiger partial charge in [-0.25, -0.2) is 0 Å². The molecule has 3 heteroatoms. The topological polar surface area (TPSA) is 22.2 Å². The van der Waals surface area contributed by atoms with Gasteiger partial charge in [-0.15, -0.1) is 0 Å². The van der Waals surface area contributed by atoms with Gasteiger partial charge in [-0.3, -0.25) is 4.98 Å². The van der Waals surface area contributed by atoms with Gasteiger partial charge in [-0.05, 0) is 71.1 Å². The average molecular weight is 510 g/mol. The first-order valence-corrected chi connectivity index (χ1v) is 13.6. The molecule has 0 aliphatic heterocycles. The van der Waals surface area contributed by atoms with Crippen LogP contribution in [0.3, 0.4) is 0 Å². The Kier molecular flexibility index (Phi) is 4.33. The molecular formula is C37H23N3. The first kappa shape index (κ1) is 21.5. The second-order valence-electron chi connectivity index (χ2n) is 10.5. The number of benzene rings is 5. The van der Waals surface area contributed by atoms with Crippen LogP contribution in [0.5, 0.6) is 0 Å². The maximum absolute atomic E-state index is 4.20. The summed E-state index contributed by atoms with van der Waals surface area (Å²) in [6.45, 7) is 0. The summed E-state index contributed by atoms with van der Waals surface area (Å²) in [7, 11) is 0. The van der Waals surface area contributed by atoms with E-state index >= 15 is 0 Å². The van der Waals surface area contributed by atoms with Crippen molar-refractivity contribution in [3.8, 4) is 16.8 Å². The fraction of sp³-hybridized carbons (Fsp3) is 0. The normalized spacial score (nSPS) is 12.0. The van der Waals surface area contributed by atoms with Crippen molar-refractivity contribution in [1.29, 1.82) is 0 Å². The minimum atomic E-state index is 1.15. The molecule has 9 rings (SSSR count). The third-order valence-electron chi connectivity index (χ3n) is 8.35. The second-order valence-corrected chi connectivity index (χ2v) is 10.5. The van der Waals surface area contributed by atoms with E-state index in [9.17, 15) is 0 Å². The van der Waals surface area contributed by atoms with E-state index in [4.69, 9.17) is 0 Å². The van der Waals surface area contributed by atoms with Crippen molar-refractivity contribution in [3.05, 3.63) is 140 Å². The van der Waals surface area contributed by atoms with Crippen molar-refractivity contribution in [2.45, 2.75) is 0 Å². The fourth-order valence-electron chi connectivity index (χ4n) is 6.61. The van der Waals surface area contributed by atoms with E-state index < -0.39 is 0 Å². The number of aromatic nitrogens is 3. The van der Waals surface area contributed by atoms with Gasteiger partial charge in [0.05, 0.1) is 27.6 Å². The van der Waals surface area contributed by atoms with Crippen molar-refractivity contribution in [2.75, 3.05) is 0 Å². The third kappa shape index (κ3) is 2.92. The number of para-hydroxylation sites is 2. The molecule has 5 aromatic carbocycles. The molecule has 0 fully saturated rings. The lowest BCUT2D eigenvalue weighted by Gasteiger charge is -2.11. The Bertz CT molecular complexity index is 2430. The highest BCUT2D eigenvalue weighted by Gasteiger charge is 2.17. The van der Waals surface area contributed by atoms with Gasteiger partial charge in [-0.1, -0.05) is 72.8 Å². The Labute approximate surface area is 230 Å². The summed E-state index contributed by atoms with van der Waals surface area (Å²) in [5.74, 6) is 0. The quantitative estimate of drug-likeness (QED) is 0.213. The van der Waals surface area contributed by atoms with Crippen molar-refractivity contribution in [2.24, 2.45) is 0 Å². The lowest BCUT2D eigenvalue weighted by Crippen LogP contribution is -1.94. The summed E-state index contributed by atoms with van der Waals surface area (Å²) in [5.41, 5.74) is 9.63. The summed E-state index contributed by atoms with van der Waals surface area (Å²) >= 11 is 0. The lowest BCUT2D eigenvalue weighted by atomic mass is 10.1. The van der Waals surface area contributed by atoms with Crippen molar-refractivity contribution >= 4 is 59.9 Å². The molecule has 0 atom stereocenters. The van der Waals surface area contributed by atoms with Gasteiger partial charge in [0, 0.05) is 45.0 Å². The number of hydrogen-bond donors (Lipinski definition) is 0. The molecule has 186 valence electrons. The Morgan fingerprint density at radius 1 is 0.400 bits per heavy atom. The molecule has 0 bridgehead atoms. The molecule has 9 aromatic rings. The maximum atomic E-state index is 4.20. The molecule has 0 radical (unpaired) electrons. The van der Waals surface area contributed by atoms with E-state index in [1.807, 2.05) is 12.4 Å². The highest BCUT2D eigenvalue weighted by atomic mass is 15.0. The number of pyridine rings is 2. The molecule has 0 N–H and O–H groups in total. The first-order chi connectivity index (χ1) is 19.8. The van der Waals surface area contributed by atoms with E-state index in [2.05, 4.69) is 141 Å². The third-order valence-corrected chi connectivity index (χ3v) is 8.35. The predicted molar refractivity (Wildman–Crippen MR) is 167 cm³/mol. The van der Waals surface area contributed by atoms with Crippen LogP contribution < -0.4 is 0 Å². The summed E-state index contributed by atoms with van der Waals surface area (Å²) in [5, 5.41) is 7.60. The number of rotatable bonds is 2. The molecule has 40 heavy (non-hydrogen) atoms. The second kappa shape index (κ2) is 8.05. The minimum absolute atomic E-state index is 1.15. The average Bonchev–Trinajstić information content (AvgIpc) is 3.56. The van der Waals surface area contributed by atoms with Crippen LogP contribution in [0.25, 0.3) is 76.7 Å². The van der Waals surface area contributed by atoms with Gasteiger partial charge < -0.3 is 8.97 Å². The Morgan fingerprint density at radius 2 is 1.05 bits per heavy atom. The zero-order valence-electron chi connectivity index (χ0n) is 21.6. The summed E-state index contributed by atoms with van der Waals surface area (Å²) < 4.78 is 4.86. The standard InChI is InChI=1S/C37H23N3/c1-2-12-30-28(10-1)29-11-3-6-15-34(29)40-35-23-32-31-13-4-5-14-33(31)39(37(32)22-26(35)21-36(30)40)27-9-7-8-25(20-27)24-16-18-38-19-17-24/h1-23H. The van der Waals surface area contributed by atoms with Crippen LogP contribution in [0.2, 0.25) is 0 Å². The largest absolute Gasteiger partial charge is 0.309 e. The van der Waals surface area contributed by atoms with E-state index in [0.29, 0.717) is 0 Å². The summed E-state index contributed by atoms with van der Waals surface area (Å²) in [4.78, 5) is 4.20. The molecule has 0 aliphatic rings. The molecule has 0 spiro atoms. The maximum Gasteiger partial charge on any atom is 0.0548 e. The van der Waals surface area contributed by atoms with Crippen molar-refractivity contribution in [3.63, 3.8) is 0 Å². The molecule has 3 nitrogen and oxygen atoms in total. The molecule has 0 saturated carbocycles. The van der Waals surface area contributed by atoms with Gasteiger partial charge in [0.2, 0.25) is 0 Å². The molecule has 0 unspecified atom stereocenters. The molecular weight excluding hydrogens is 486 g/mol. The fourth-order valence-corrected chi connectivity index (χ4v) is 6.61. The number of fused-ring (bicyclic) bond motifs is 11. The van der Waals surface area contributed by atoms with Crippen LogP contribution >= 0.6 is 0 Å². The zero-order valence-corrected chi connectivity index (χ0v) is 21.6. The minimum Gasteiger partial charge on any atom is -0.309 e. The number of hydrogen-bond acceptors (Lipinski definition) is 1. The van der Waals surface area contributed by atoms with Gasteiger partial charge in [0.15, 0.2) is 0 Å². The van der Waals surface area contributed by atoms with Crippen molar-refractivity contribution < 1.29 is 0 Å². The van der Waals surface area contributed by atoms with E-state index in [-0.39, 0.29) is 0 Å². The highest BCUT2D eigenvalue weighted by molar-refractivity contribution is 6.18. The molecule has 0 amide bonds.